The molecule has 1 heterocycles. The van der Waals surface area contributed by atoms with Gasteiger partial charge in [0, 0.05) is 15.9 Å². The zero-order valence-electron chi connectivity index (χ0n) is 13.5. The fraction of sp³-hybridized carbons (Fsp3) is 0.294. The fourth-order valence-corrected chi connectivity index (χ4v) is 2.55. The number of ether oxygens (including phenoxy) is 1. The van der Waals surface area contributed by atoms with Crippen LogP contribution in [0.15, 0.2) is 28.7 Å². The molecule has 0 aliphatic heterocycles. The number of aryl methyl sites for hydroxylation is 1. The average molecular weight is 379 g/mol. The molecule has 0 fully saturated rings. The lowest BCUT2D eigenvalue weighted by Gasteiger charge is -2.08. The molecule has 2 aromatic rings. The first-order chi connectivity index (χ1) is 10.8. The van der Waals surface area contributed by atoms with Crippen molar-refractivity contribution in [1.82, 2.24) is 4.98 Å². The zero-order chi connectivity index (χ0) is 17.1. The second-order valence-electron chi connectivity index (χ2n) is 5.54. The SMILES string of the molecule is Cc1[nH]c(C(=O)Nc2ccc(Br)cc2)c(C)c1C(=O)OC(C)C. The largest absolute Gasteiger partial charge is 0.459 e. The number of rotatable bonds is 4. The molecule has 0 saturated heterocycles. The third-order valence-corrected chi connectivity index (χ3v) is 3.84. The van der Waals surface area contributed by atoms with E-state index in [1.807, 2.05) is 12.1 Å². The van der Waals surface area contributed by atoms with Crippen molar-refractivity contribution in [3.05, 3.63) is 51.3 Å². The summed E-state index contributed by atoms with van der Waals surface area (Å²) in [7, 11) is 0. The number of carbonyl (C=O) groups is 2. The van der Waals surface area contributed by atoms with Gasteiger partial charge in [-0.25, -0.2) is 4.79 Å². The molecular formula is C17H19BrN2O3. The maximum atomic E-state index is 12.4. The quantitative estimate of drug-likeness (QED) is 0.782. The second kappa shape index (κ2) is 7.00. The molecule has 5 nitrogen and oxygen atoms in total. The van der Waals surface area contributed by atoms with Gasteiger partial charge >= 0.3 is 5.97 Å². The van der Waals surface area contributed by atoms with E-state index < -0.39 is 5.97 Å². The molecule has 1 aromatic carbocycles. The van der Waals surface area contributed by atoms with Crippen molar-refractivity contribution in [1.29, 1.82) is 0 Å². The van der Waals surface area contributed by atoms with Crippen molar-refractivity contribution in [3.8, 4) is 0 Å². The third kappa shape index (κ3) is 4.01. The summed E-state index contributed by atoms with van der Waals surface area (Å²) in [5.74, 6) is -0.717. The molecule has 0 radical (unpaired) electrons. The summed E-state index contributed by atoms with van der Waals surface area (Å²) in [5.41, 5.74) is 2.66. The van der Waals surface area contributed by atoms with Crippen molar-refractivity contribution >= 4 is 33.5 Å². The Balaban J connectivity index is 2.24. The number of halogens is 1. The van der Waals surface area contributed by atoms with Crippen LogP contribution in [0.5, 0.6) is 0 Å². The Labute approximate surface area is 143 Å². The van der Waals surface area contributed by atoms with Crippen LogP contribution in [0.1, 0.15) is 46.0 Å². The first-order valence-corrected chi connectivity index (χ1v) is 8.06. The van der Waals surface area contributed by atoms with E-state index in [9.17, 15) is 9.59 Å². The van der Waals surface area contributed by atoms with E-state index >= 15 is 0 Å². The number of H-pyrrole nitrogens is 1. The van der Waals surface area contributed by atoms with Crippen LogP contribution in [0.3, 0.4) is 0 Å². The number of anilines is 1. The Morgan fingerprint density at radius 3 is 2.35 bits per heavy atom. The number of aromatic amines is 1. The Kier molecular flexibility index (Phi) is 5.26. The molecule has 0 atom stereocenters. The Bertz CT molecular complexity index is 733. The van der Waals surface area contributed by atoms with Gasteiger partial charge in [0.15, 0.2) is 0 Å². The summed E-state index contributed by atoms with van der Waals surface area (Å²) in [5, 5.41) is 2.80. The van der Waals surface area contributed by atoms with Crippen LogP contribution in [-0.2, 0) is 4.74 Å². The molecule has 23 heavy (non-hydrogen) atoms. The molecule has 2 rings (SSSR count). The predicted octanol–water partition coefficient (Wildman–Crippen LogP) is 4.21. The summed E-state index contributed by atoms with van der Waals surface area (Å²) in [4.78, 5) is 27.5. The Morgan fingerprint density at radius 1 is 1.17 bits per heavy atom. The Morgan fingerprint density at radius 2 is 1.78 bits per heavy atom. The van der Waals surface area contributed by atoms with Gasteiger partial charge < -0.3 is 15.0 Å². The van der Waals surface area contributed by atoms with Gasteiger partial charge in [0.05, 0.1) is 11.7 Å². The predicted molar refractivity (Wildman–Crippen MR) is 92.9 cm³/mol. The van der Waals surface area contributed by atoms with Crippen molar-refractivity contribution in [3.63, 3.8) is 0 Å². The van der Waals surface area contributed by atoms with Crippen LogP contribution in [0, 0.1) is 13.8 Å². The molecule has 0 saturated carbocycles. The topological polar surface area (TPSA) is 71.2 Å². The van der Waals surface area contributed by atoms with Crippen LogP contribution in [0.4, 0.5) is 5.69 Å². The summed E-state index contributed by atoms with van der Waals surface area (Å²) in [6.45, 7) is 7.06. The van der Waals surface area contributed by atoms with Gasteiger partial charge in [0.25, 0.3) is 5.91 Å². The van der Waals surface area contributed by atoms with E-state index in [4.69, 9.17) is 4.74 Å². The minimum absolute atomic E-state index is 0.212. The van der Waals surface area contributed by atoms with E-state index in [-0.39, 0.29) is 12.0 Å². The van der Waals surface area contributed by atoms with Crippen LogP contribution in [0.2, 0.25) is 0 Å². The highest BCUT2D eigenvalue weighted by Crippen LogP contribution is 2.21. The molecule has 0 aliphatic carbocycles. The highest BCUT2D eigenvalue weighted by atomic mass is 79.9. The van der Waals surface area contributed by atoms with Gasteiger partial charge in [-0.1, -0.05) is 15.9 Å². The summed E-state index contributed by atoms with van der Waals surface area (Å²) in [6, 6.07) is 7.27. The van der Waals surface area contributed by atoms with Crippen LogP contribution in [0.25, 0.3) is 0 Å². The van der Waals surface area contributed by atoms with Crippen molar-refractivity contribution in [2.24, 2.45) is 0 Å². The highest BCUT2D eigenvalue weighted by Gasteiger charge is 2.23. The maximum Gasteiger partial charge on any atom is 0.340 e. The number of hydrogen-bond donors (Lipinski definition) is 2. The highest BCUT2D eigenvalue weighted by molar-refractivity contribution is 9.10. The zero-order valence-corrected chi connectivity index (χ0v) is 15.1. The first kappa shape index (κ1) is 17.3. The molecule has 1 aromatic heterocycles. The number of nitrogens with one attached hydrogen (secondary N) is 2. The standard InChI is InChI=1S/C17H19BrN2O3/c1-9(2)23-17(22)14-10(3)15(19-11(14)4)16(21)20-13-7-5-12(18)6-8-13/h5-9,19H,1-4H3,(H,20,21). The number of benzene rings is 1. The van der Waals surface area contributed by atoms with Crippen molar-refractivity contribution < 1.29 is 14.3 Å². The maximum absolute atomic E-state index is 12.4. The lowest BCUT2D eigenvalue weighted by Crippen LogP contribution is -2.15. The second-order valence-corrected chi connectivity index (χ2v) is 6.46. The number of aromatic nitrogens is 1. The third-order valence-electron chi connectivity index (χ3n) is 3.31. The molecule has 0 bridgehead atoms. The van der Waals surface area contributed by atoms with E-state index in [0.717, 1.165) is 4.47 Å². The summed E-state index contributed by atoms with van der Waals surface area (Å²) in [6.07, 6.45) is -0.212. The number of amides is 1. The Hall–Kier alpha value is -2.08. The lowest BCUT2D eigenvalue weighted by atomic mass is 10.1. The van der Waals surface area contributed by atoms with Crippen LogP contribution < -0.4 is 5.32 Å². The minimum atomic E-state index is -0.422. The smallest absolute Gasteiger partial charge is 0.340 e. The van der Waals surface area contributed by atoms with Crippen molar-refractivity contribution in [2.45, 2.75) is 33.8 Å². The molecule has 0 aliphatic rings. The van der Waals surface area contributed by atoms with E-state index in [1.165, 1.54) is 0 Å². The fourth-order valence-electron chi connectivity index (χ4n) is 2.28. The van der Waals surface area contributed by atoms with Gasteiger partial charge in [-0.3, -0.25) is 4.79 Å². The van der Waals surface area contributed by atoms with Gasteiger partial charge in [-0.05, 0) is 57.5 Å². The normalized spacial score (nSPS) is 10.7. The number of esters is 1. The molecule has 1 amide bonds. The van der Waals surface area contributed by atoms with E-state index in [1.54, 1.807) is 39.8 Å². The van der Waals surface area contributed by atoms with Crippen LogP contribution in [-0.4, -0.2) is 23.0 Å². The van der Waals surface area contributed by atoms with E-state index in [0.29, 0.717) is 28.2 Å². The lowest BCUT2D eigenvalue weighted by molar-refractivity contribution is 0.0376. The summed E-state index contributed by atoms with van der Waals surface area (Å²) < 4.78 is 6.16. The minimum Gasteiger partial charge on any atom is -0.459 e. The molecular weight excluding hydrogens is 360 g/mol. The van der Waals surface area contributed by atoms with Crippen LogP contribution >= 0.6 is 15.9 Å². The molecule has 6 heteroatoms. The van der Waals surface area contributed by atoms with Gasteiger partial charge in [0.2, 0.25) is 0 Å². The van der Waals surface area contributed by atoms with Crippen molar-refractivity contribution in [2.75, 3.05) is 5.32 Å². The molecule has 0 spiro atoms. The number of hydrogen-bond acceptors (Lipinski definition) is 3. The van der Waals surface area contributed by atoms with Gasteiger partial charge in [-0.15, -0.1) is 0 Å². The average Bonchev–Trinajstić information content (AvgIpc) is 2.76. The van der Waals surface area contributed by atoms with E-state index in [2.05, 4.69) is 26.2 Å². The van der Waals surface area contributed by atoms with Gasteiger partial charge in [-0.2, -0.15) is 0 Å². The first-order valence-electron chi connectivity index (χ1n) is 7.26. The van der Waals surface area contributed by atoms with Gasteiger partial charge in [0.1, 0.15) is 5.69 Å². The molecule has 0 unspecified atom stereocenters. The molecule has 122 valence electrons. The summed E-state index contributed by atoms with van der Waals surface area (Å²) >= 11 is 3.35. The number of carbonyl (C=O) groups excluding carboxylic acids is 2. The monoisotopic (exact) mass is 378 g/mol. The molecule has 2 N–H and O–H groups in total.